The highest BCUT2D eigenvalue weighted by molar-refractivity contribution is 6.30. The number of hydrogen-bond acceptors (Lipinski definition) is 6. The minimum atomic E-state index is -0.637. The van der Waals surface area contributed by atoms with E-state index in [1.54, 1.807) is 42.5 Å². The van der Waals surface area contributed by atoms with Gasteiger partial charge in [0, 0.05) is 16.7 Å². The van der Waals surface area contributed by atoms with Gasteiger partial charge in [0.1, 0.15) is 23.9 Å². The predicted molar refractivity (Wildman–Crippen MR) is 104 cm³/mol. The van der Waals surface area contributed by atoms with E-state index in [4.69, 9.17) is 30.5 Å². The Bertz CT molecular complexity index is 940. The molecule has 2 aromatic rings. The topological polar surface area (TPSA) is 83.1 Å². The average Bonchev–Trinajstić information content (AvgIpc) is 2.71. The summed E-state index contributed by atoms with van der Waals surface area (Å²) < 4.78 is 20.9. The molecule has 2 aromatic carbocycles. The Morgan fingerprint density at radius 2 is 1.96 bits per heavy atom. The Labute approximate surface area is 166 Å². The van der Waals surface area contributed by atoms with Crippen LogP contribution in [0.3, 0.4) is 0 Å². The number of carbonyl (C=O) groups excluding carboxylic acids is 2. The van der Waals surface area contributed by atoms with E-state index in [-0.39, 0.29) is 6.61 Å². The molecule has 28 heavy (non-hydrogen) atoms. The van der Waals surface area contributed by atoms with Crippen molar-refractivity contribution in [1.29, 1.82) is 0 Å². The van der Waals surface area contributed by atoms with Crippen LogP contribution in [0.15, 0.2) is 42.0 Å². The standard InChI is InChI=1S/C20H18ClNO6/c1-25-15-4-5-16(18(9-15)26-2)22-19(23)11-28-20(24)13-7-12-8-14(21)3-6-17(12)27-10-13/h3-9H,10-11H2,1-2H3,(H,22,23). The number of methoxy groups -OCH3 is 2. The monoisotopic (exact) mass is 403 g/mol. The molecule has 0 spiro atoms. The van der Waals surface area contributed by atoms with Crippen molar-refractivity contribution in [2.75, 3.05) is 32.8 Å². The smallest absolute Gasteiger partial charge is 0.338 e. The molecule has 1 aliphatic rings. The Balaban J connectivity index is 1.60. The normalized spacial score (nSPS) is 12.2. The van der Waals surface area contributed by atoms with Gasteiger partial charge in [0.05, 0.1) is 25.5 Å². The van der Waals surface area contributed by atoms with Gasteiger partial charge >= 0.3 is 5.97 Å². The lowest BCUT2D eigenvalue weighted by Crippen LogP contribution is -2.24. The zero-order valence-electron chi connectivity index (χ0n) is 15.3. The third kappa shape index (κ3) is 4.55. The number of amides is 1. The molecule has 0 unspecified atom stereocenters. The molecule has 8 heteroatoms. The van der Waals surface area contributed by atoms with E-state index in [0.29, 0.717) is 39.1 Å². The maximum atomic E-state index is 12.2. The number of anilines is 1. The van der Waals surface area contributed by atoms with Crippen molar-refractivity contribution in [3.05, 3.63) is 52.6 Å². The zero-order chi connectivity index (χ0) is 20.1. The molecular weight excluding hydrogens is 386 g/mol. The minimum absolute atomic E-state index is 0.0569. The van der Waals surface area contributed by atoms with Crippen LogP contribution in [0, 0.1) is 0 Å². The molecule has 146 valence electrons. The van der Waals surface area contributed by atoms with Crippen LogP contribution in [0.5, 0.6) is 17.2 Å². The van der Waals surface area contributed by atoms with Gasteiger partial charge in [-0.3, -0.25) is 4.79 Å². The summed E-state index contributed by atoms with van der Waals surface area (Å²) in [6, 6.07) is 10.1. The van der Waals surface area contributed by atoms with Crippen LogP contribution in [0.4, 0.5) is 5.69 Å². The molecule has 7 nitrogen and oxygen atoms in total. The molecule has 0 radical (unpaired) electrons. The first-order valence-electron chi connectivity index (χ1n) is 8.32. The van der Waals surface area contributed by atoms with Crippen LogP contribution < -0.4 is 19.5 Å². The van der Waals surface area contributed by atoms with E-state index in [2.05, 4.69) is 5.32 Å². The highest BCUT2D eigenvalue weighted by Crippen LogP contribution is 2.30. The van der Waals surface area contributed by atoms with Crippen LogP contribution in [0.2, 0.25) is 5.02 Å². The predicted octanol–water partition coefficient (Wildman–Crippen LogP) is 3.31. The first kappa shape index (κ1) is 19.6. The van der Waals surface area contributed by atoms with Gasteiger partial charge in [0.2, 0.25) is 0 Å². The summed E-state index contributed by atoms with van der Waals surface area (Å²) in [7, 11) is 3.01. The van der Waals surface area contributed by atoms with Gasteiger partial charge in [0.15, 0.2) is 6.61 Å². The number of nitrogens with one attached hydrogen (secondary N) is 1. The first-order valence-corrected chi connectivity index (χ1v) is 8.70. The number of benzene rings is 2. The van der Waals surface area contributed by atoms with Gasteiger partial charge in [-0.1, -0.05) is 11.6 Å². The number of halogens is 1. The second-order valence-electron chi connectivity index (χ2n) is 5.83. The summed E-state index contributed by atoms with van der Waals surface area (Å²) in [6.45, 7) is -0.394. The molecule has 1 amide bonds. The van der Waals surface area contributed by atoms with E-state index in [0.717, 1.165) is 0 Å². The van der Waals surface area contributed by atoms with E-state index < -0.39 is 18.5 Å². The Kier molecular flexibility index (Phi) is 6.06. The van der Waals surface area contributed by atoms with E-state index in [9.17, 15) is 9.59 Å². The van der Waals surface area contributed by atoms with Crippen LogP contribution in [0.1, 0.15) is 5.56 Å². The van der Waals surface area contributed by atoms with Gasteiger partial charge < -0.3 is 24.3 Å². The van der Waals surface area contributed by atoms with Gasteiger partial charge in [-0.05, 0) is 36.4 Å². The van der Waals surface area contributed by atoms with Gasteiger partial charge in [-0.2, -0.15) is 0 Å². The SMILES string of the molecule is COc1ccc(NC(=O)COC(=O)C2=Cc3cc(Cl)ccc3OC2)c(OC)c1. The number of hydrogen-bond donors (Lipinski definition) is 1. The zero-order valence-corrected chi connectivity index (χ0v) is 16.0. The summed E-state index contributed by atoms with van der Waals surface area (Å²) >= 11 is 5.96. The summed E-state index contributed by atoms with van der Waals surface area (Å²) in [5, 5.41) is 3.16. The number of rotatable bonds is 6. The fourth-order valence-electron chi connectivity index (χ4n) is 2.58. The highest BCUT2D eigenvalue weighted by Gasteiger charge is 2.20. The largest absolute Gasteiger partial charge is 0.497 e. The third-order valence-corrected chi connectivity index (χ3v) is 4.20. The van der Waals surface area contributed by atoms with Crippen molar-refractivity contribution in [3.63, 3.8) is 0 Å². The molecule has 0 bridgehead atoms. The third-order valence-electron chi connectivity index (χ3n) is 3.96. The van der Waals surface area contributed by atoms with Crippen molar-refractivity contribution < 1.29 is 28.5 Å². The molecule has 1 aliphatic heterocycles. The van der Waals surface area contributed by atoms with Crippen molar-refractivity contribution in [2.45, 2.75) is 0 Å². The molecule has 1 N–H and O–H groups in total. The average molecular weight is 404 g/mol. The lowest BCUT2D eigenvalue weighted by atomic mass is 10.1. The maximum absolute atomic E-state index is 12.2. The molecule has 0 atom stereocenters. The Morgan fingerprint density at radius 3 is 2.71 bits per heavy atom. The summed E-state index contributed by atoms with van der Waals surface area (Å²) in [6.07, 6.45) is 1.64. The number of carbonyl (C=O) groups is 2. The fourth-order valence-corrected chi connectivity index (χ4v) is 2.76. The van der Waals surface area contributed by atoms with Crippen LogP contribution in [0.25, 0.3) is 6.08 Å². The summed E-state index contributed by atoms with van der Waals surface area (Å²) in [4.78, 5) is 24.4. The molecule has 0 saturated carbocycles. The van der Waals surface area contributed by atoms with E-state index in [1.807, 2.05) is 0 Å². The quantitative estimate of drug-likeness (QED) is 0.745. The molecule has 0 fully saturated rings. The molecule has 1 heterocycles. The molecule has 0 aromatic heterocycles. The first-order chi connectivity index (χ1) is 13.5. The number of esters is 1. The minimum Gasteiger partial charge on any atom is -0.497 e. The van der Waals surface area contributed by atoms with Gasteiger partial charge in [-0.25, -0.2) is 4.79 Å². The number of ether oxygens (including phenoxy) is 4. The van der Waals surface area contributed by atoms with Crippen molar-refractivity contribution in [3.8, 4) is 17.2 Å². The second-order valence-corrected chi connectivity index (χ2v) is 6.27. The van der Waals surface area contributed by atoms with Crippen molar-refractivity contribution >= 4 is 35.2 Å². The Morgan fingerprint density at radius 1 is 1.14 bits per heavy atom. The van der Waals surface area contributed by atoms with Crippen LogP contribution >= 0.6 is 11.6 Å². The number of fused-ring (bicyclic) bond motifs is 1. The van der Waals surface area contributed by atoms with Crippen molar-refractivity contribution in [2.24, 2.45) is 0 Å². The Hall–Kier alpha value is -3.19. The maximum Gasteiger partial charge on any atom is 0.338 e. The van der Waals surface area contributed by atoms with E-state index >= 15 is 0 Å². The van der Waals surface area contributed by atoms with Crippen LogP contribution in [-0.4, -0.2) is 39.3 Å². The van der Waals surface area contributed by atoms with E-state index in [1.165, 1.54) is 14.2 Å². The van der Waals surface area contributed by atoms with Crippen molar-refractivity contribution in [1.82, 2.24) is 0 Å². The molecule has 0 saturated heterocycles. The summed E-state index contributed by atoms with van der Waals surface area (Å²) in [5.74, 6) is 0.507. The fraction of sp³-hybridized carbons (Fsp3) is 0.200. The molecular formula is C20H18ClNO6. The van der Waals surface area contributed by atoms with Gasteiger partial charge in [0.25, 0.3) is 5.91 Å². The lowest BCUT2D eigenvalue weighted by Gasteiger charge is -2.17. The second kappa shape index (κ2) is 8.67. The highest BCUT2D eigenvalue weighted by atomic mass is 35.5. The summed E-state index contributed by atoms with van der Waals surface area (Å²) in [5.41, 5.74) is 1.41. The van der Waals surface area contributed by atoms with Gasteiger partial charge in [-0.15, -0.1) is 0 Å². The molecule has 3 rings (SSSR count). The van der Waals surface area contributed by atoms with Crippen LogP contribution in [-0.2, 0) is 14.3 Å². The lowest BCUT2D eigenvalue weighted by molar-refractivity contribution is -0.143. The molecule has 0 aliphatic carbocycles.